The summed E-state index contributed by atoms with van der Waals surface area (Å²) in [5.74, 6) is 0. The molecule has 2 rings (SSSR count). The van der Waals surface area contributed by atoms with Gasteiger partial charge in [0, 0.05) is 25.8 Å². The molecule has 0 saturated carbocycles. The summed E-state index contributed by atoms with van der Waals surface area (Å²) in [4.78, 5) is 4.44. The molecule has 1 heterocycles. The molecule has 0 spiro atoms. The summed E-state index contributed by atoms with van der Waals surface area (Å²) >= 11 is 0. The first-order chi connectivity index (χ1) is 7.83. The summed E-state index contributed by atoms with van der Waals surface area (Å²) in [6, 6.07) is 14.9. The van der Waals surface area contributed by atoms with Gasteiger partial charge in [-0.25, -0.2) is 0 Å². The molecule has 0 bridgehead atoms. The Morgan fingerprint density at radius 3 is 2.47 bits per heavy atom. The number of nitrogens with zero attached hydrogens (tertiary/aromatic N) is 1. The van der Waals surface area contributed by atoms with Crippen LogP contribution in [0.25, 0.3) is 11.3 Å². The number of aromatic nitrogens is 1. The fourth-order valence-corrected chi connectivity index (χ4v) is 1.53. The van der Waals surface area contributed by atoms with E-state index < -0.39 is 0 Å². The Balaban J connectivity index is 0.00000144. The van der Waals surface area contributed by atoms with Gasteiger partial charge in [-0.05, 0) is 38.4 Å². The van der Waals surface area contributed by atoms with E-state index in [0.717, 1.165) is 22.5 Å². The van der Waals surface area contributed by atoms with Crippen LogP contribution in [0.3, 0.4) is 0 Å². The number of benzene rings is 1. The van der Waals surface area contributed by atoms with E-state index in [1.54, 1.807) is 0 Å². The molecule has 1 aromatic heterocycles. The van der Waals surface area contributed by atoms with E-state index in [4.69, 9.17) is 13.8 Å². The predicted molar refractivity (Wildman–Crippen MR) is 64.5 cm³/mol. The molecule has 5 radical (unpaired) electrons. The standard InChI is InChI=1S/C15H12N.Ir/c1-3-12-7-5-8-13(11-12)15-10-6-9-14(4-2)16-15;/h1-2,5-10H,3-4H2;/q-1;. The number of rotatable bonds is 3. The molecule has 0 aliphatic rings. The van der Waals surface area contributed by atoms with E-state index >= 15 is 0 Å². The SMILES string of the molecule is [CH]Cc1[c-]c(-c2cccc(C[CH])n2)ccc1.[Ir]. The van der Waals surface area contributed by atoms with Gasteiger partial charge in [-0.3, -0.25) is 0 Å². The van der Waals surface area contributed by atoms with Crippen LogP contribution in [0.1, 0.15) is 11.3 Å². The molecule has 1 nitrogen and oxygen atoms in total. The molecule has 1 aromatic carbocycles. The Hall–Kier alpha value is -0.981. The largest absolute Gasteiger partial charge is 0.301 e. The van der Waals surface area contributed by atoms with E-state index in [9.17, 15) is 0 Å². The van der Waals surface area contributed by atoms with E-state index in [2.05, 4.69) is 11.1 Å². The van der Waals surface area contributed by atoms with Crippen molar-refractivity contribution in [2.24, 2.45) is 0 Å². The molecule has 0 aliphatic heterocycles. The van der Waals surface area contributed by atoms with Crippen molar-refractivity contribution in [1.82, 2.24) is 4.98 Å². The fraction of sp³-hybridized carbons (Fsp3) is 0.133. The van der Waals surface area contributed by atoms with E-state index in [-0.39, 0.29) is 20.1 Å². The maximum absolute atomic E-state index is 5.58. The molecule has 0 N–H and O–H groups in total. The normalized spacial score (nSPS) is 9.76. The first kappa shape index (κ1) is 14.1. The Bertz CT molecular complexity index is 434. The molecule has 2 heteroatoms. The Morgan fingerprint density at radius 2 is 1.76 bits per heavy atom. The predicted octanol–water partition coefficient (Wildman–Crippen LogP) is 3.05. The first-order valence-electron chi connectivity index (χ1n) is 5.21. The van der Waals surface area contributed by atoms with Crippen LogP contribution >= 0.6 is 0 Å². The third-order valence-electron chi connectivity index (χ3n) is 2.37. The van der Waals surface area contributed by atoms with Crippen LogP contribution in [-0.4, -0.2) is 4.98 Å². The molecule has 2 aromatic rings. The smallest absolute Gasteiger partial charge is 0.0300 e. The zero-order valence-electron chi connectivity index (χ0n) is 9.31. The maximum atomic E-state index is 5.58. The molecule has 0 saturated heterocycles. The molecule has 0 unspecified atom stereocenters. The molecule has 0 aliphatic carbocycles. The van der Waals surface area contributed by atoms with Crippen LogP contribution < -0.4 is 0 Å². The number of hydrogen-bond donors (Lipinski definition) is 0. The van der Waals surface area contributed by atoms with Crippen molar-refractivity contribution in [3.63, 3.8) is 0 Å². The van der Waals surface area contributed by atoms with Gasteiger partial charge in [0.1, 0.15) is 0 Å². The fourth-order valence-electron chi connectivity index (χ4n) is 1.53. The molecule has 17 heavy (non-hydrogen) atoms. The Kier molecular flexibility index (Phi) is 5.53. The van der Waals surface area contributed by atoms with Crippen LogP contribution in [-0.2, 0) is 32.9 Å². The zero-order valence-corrected chi connectivity index (χ0v) is 11.7. The van der Waals surface area contributed by atoms with Crippen LogP contribution in [0.5, 0.6) is 0 Å². The molecular formula is C15H12IrN-. The minimum absolute atomic E-state index is 0. The van der Waals surface area contributed by atoms with Crippen molar-refractivity contribution >= 4 is 0 Å². The van der Waals surface area contributed by atoms with Crippen LogP contribution in [0, 0.1) is 19.9 Å². The average Bonchev–Trinajstić information content (AvgIpc) is 2.39. The van der Waals surface area contributed by atoms with Crippen molar-refractivity contribution in [1.29, 1.82) is 0 Å². The summed E-state index contributed by atoms with van der Waals surface area (Å²) in [6.45, 7) is 11.1. The second-order valence-corrected chi connectivity index (χ2v) is 3.51. The monoisotopic (exact) mass is 399 g/mol. The van der Waals surface area contributed by atoms with Crippen molar-refractivity contribution in [2.75, 3.05) is 0 Å². The van der Waals surface area contributed by atoms with Gasteiger partial charge < -0.3 is 4.98 Å². The second-order valence-electron chi connectivity index (χ2n) is 3.51. The maximum Gasteiger partial charge on any atom is 0.0300 e. The van der Waals surface area contributed by atoms with Gasteiger partial charge in [0.2, 0.25) is 0 Å². The van der Waals surface area contributed by atoms with Crippen molar-refractivity contribution < 1.29 is 20.1 Å². The number of hydrogen-bond acceptors (Lipinski definition) is 1. The second kappa shape index (κ2) is 6.68. The van der Waals surface area contributed by atoms with E-state index in [1.165, 1.54) is 0 Å². The Labute approximate surface area is 117 Å². The minimum Gasteiger partial charge on any atom is -0.301 e. The quantitative estimate of drug-likeness (QED) is 0.725. The molecule has 0 amide bonds. The van der Waals surface area contributed by atoms with Crippen LogP contribution in [0.15, 0.2) is 36.4 Å². The third kappa shape index (κ3) is 3.49. The summed E-state index contributed by atoms with van der Waals surface area (Å²) in [5, 5.41) is 0. The van der Waals surface area contributed by atoms with Crippen molar-refractivity contribution in [2.45, 2.75) is 12.8 Å². The molecule has 0 atom stereocenters. The Morgan fingerprint density at radius 1 is 1.00 bits per heavy atom. The van der Waals surface area contributed by atoms with Gasteiger partial charge >= 0.3 is 0 Å². The van der Waals surface area contributed by atoms with E-state index in [1.807, 2.05) is 36.4 Å². The average molecular weight is 398 g/mol. The molecule has 87 valence electrons. The van der Waals surface area contributed by atoms with Gasteiger partial charge in [0.15, 0.2) is 0 Å². The van der Waals surface area contributed by atoms with Gasteiger partial charge in [0.05, 0.1) is 0 Å². The summed E-state index contributed by atoms with van der Waals surface area (Å²) < 4.78 is 0. The first-order valence-corrected chi connectivity index (χ1v) is 5.21. The van der Waals surface area contributed by atoms with E-state index in [0.29, 0.717) is 12.8 Å². The molecule has 0 fully saturated rings. The third-order valence-corrected chi connectivity index (χ3v) is 2.37. The van der Waals surface area contributed by atoms with Crippen molar-refractivity contribution in [3.05, 3.63) is 67.6 Å². The minimum atomic E-state index is 0. The van der Waals surface area contributed by atoms with Crippen molar-refractivity contribution in [3.8, 4) is 11.3 Å². The summed E-state index contributed by atoms with van der Waals surface area (Å²) in [6.07, 6.45) is 0.939. The number of pyridine rings is 1. The summed E-state index contributed by atoms with van der Waals surface area (Å²) in [7, 11) is 0. The van der Waals surface area contributed by atoms with Gasteiger partial charge in [-0.2, -0.15) is 0 Å². The van der Waals surface area contributed by atoms with Gasteiger partial charge in [-0.1, -0.05) is 12.1 Å². The van der Waals surface area contributed by atoms with Crippen LogP contribution in [0.4, 0.5) is 0 Å². The topological polar surface area (TPSA) is 12.9 Å². The zero-order chi connectivity index (χ0) is 11.4. The van der Waals surface area contributed by atoms with Gasteiger partial charge in [0.25, 0.3) is 0 Å². The van der Waals surface area contributed by atoms with Gasteiger partial charge in [-0.15, -0.1) is 35.4 Å². The molecular weight excluding hydrogens is 386 g/mol. The van der Waals surface area contributed by atoms with Crippen LogP contribution in [0.2, 0.25) is 0 Å². The summed E-state index contributed by atoms with van der Waals surface area (Å²) in [5.41, 5.74) is 3.71.